The normalized spacial score (nSPS) is 13.5. The molecule has 7 heteroatoms. The van der Waals surface area contributed by atoms with Crippen molar-refractivity contribution in [3.8, 4) is 0 Å². The molecule has 0 aliphatic carbocycles. The number of aryl methyl sites for hydroxylation is 1. The van der Waals surface area contributed by atoms with E-state index >= 15 is 0 Å². The summed E-state index contributed by atoms with van der Waals surface area (Å²) < 4.78 is 25.8. The Bertz CT molecular complexity index is 585. The molecule has 1 aromatic carbocycles. The topological polar surface area (TPSA) is 83.6 Å². The third-order valence-corrected chi connectivity index (χ3v) is 5.21. The Labute approximate surface area is 119 Å². The van der Waals surface area contributed by atoms with Crippen LogP contribution in [0.2, 0.25) is 0 Å². The van der Waals surface area contributed by atoms with Crippen LogP contribution in [0, 0.1) is 6.92 Å². The lowest BCUT2D eigenvalue weighted by Gasteiger charge is -2.23. The van der Waals surface area contributed by atoms with Gasteiger partial charge >= 0.3 is 0 Å². The number of likely N-dealkylation sites (N-methyl/N-ethyl adjacent to an activating group) is 1. The van der Waals surface area contributed by atoms with Crippen LogP contribution in [0.1, 0.15) is 18.1 Å². The van der Waals surface area contributed by atoms with Gasteiger partial charge in [0.25, 0.3) is 0 Å². The fraction of sp³-hybridized carbons (Fsp3) is 0.417. The maximum Gasteiger partial charge on any atom is 0.243 e. The van der Waals surface area contributed by atoms with Crippen molar-refractivity contribution in [2.24, 2.45) is 5.73 Å². The minimum atomic E-state index is -3.63. The molecule has 0 amide bonds. The predicted molar refractivity (Wildman–Crippen MR) is 78.6 cm³/mol. The lowest BCUT2D eigenvalue weighted by Crippen LogP contribution is -2.37. The first-order chi connectivity index (χ1) is 8.71. The van der Waals surface area contributed by atoms with Crippen LogP contribution in [0.5, 0.6) is 0 Å². The van der Waals surface area contributed by atoms with Gasteiger partial charge < -0.3 is 10.8 Å². The van der Waals surface area contributed by atoms with Crippen LogP contribution in [0.4, 0.5) is 0 Å². The molecule has 19 heavy (non-hydrogen) atoms. The number of hydrogen-bond acceptors (Lipinski definition) is 4. The number of benzene rings is 1. The van der Waals surface area contributed by atoms with Crippen LogP contribution in [0.3, 0.4) is 0 Å². The van der Waals surface area contributed by atoms with E-state index in [0.29, 0.717) is 11.1 Å². The van der Waals surface area contributed by atoms with Gasteiger partial charge in [0.05, 0.1) is 11.5 Å². The highest BCUT2D eigenvalue weighted by Gasteiger charge is 2.25. The van der Waals surface area contributed by atoms with Crippen molar-refractivity contribution >= 4 is 27.2 Å². The molecule has 0 saturated carbocycles. The van der Waals surface area contributed by atoms with Crippen molar-refractivity contribution in [2.45, 2.75) is 24.8 Å². The summed E-state index contributed by atoms with van der Waals surface area (Å²) in [5.74, 6) is 0. The third-order valence-electron chi connectivity index (χ3n) is 3.03. The Hall–Kier alpha value is -1.02. The van der Waals surface area contributed by atoms with Gasteiger partial charge in [0.1, 0.15) is 4.99 Å². The molecule has 0 aromatic heterocycles. The maximum absolute atomic E-state index is 12.3. The molecule has 0 aliphatic rings. The number of nitrogens with two attached hydrogens (primary N) is 1. The maximum atomic E-state index is 12.3. The van der Waals surface area contributed by atoms with E-state index in [1.807, 2.05) is 0 Å². The zero-order valence-electron chi connectivity index (χ0n) is 11.1. The molecule has 106 valence electrons. The van der Waals surface area contributed by atoms with Gasteiger partial charge in [-0.25, -0.2) is 8.42 Å². The molecule has 0 aliphatic heterocycles. The molecule has 1 aromatic rings. The quantitative estimate of drug-likeness (QED) is 0.780. The van der Waals surface area contributed by atoms with E-state index in [4.69, 9.17) is 23.1 Å². The molecule has 0 spiro atoms. The zero-order chi connectivity index (χ0) is 14.8. The fourth-order valence-electron chi connectivity index (χ4n) is 1.59. The van der Waals surface area contributed by atoms with Gasteiger partial charge in [0, 0.05) is 18.7 Å². The summed E-state index contributed by atoms with van der Waals surface area (Å²) >= 11 is 4.88. The van der Waals surface area contributed by atoms with E-state index in [0.717, 1.165) is 4.31 Å². The molecule has 1 atom stereocenters. The molecular formula is C12H18N2O3S2. The molecule has 0 radical (unpaired) electrons. The SMILES string of the molecule is Cc1cc(S(=O)(=O)N(C)C(C)CO)ccc1C(N)=S. The van der Waals surface area contributed by atoms with Crippen LogP contribution in [-0.4, -0.2) is 42.5 Å². The molecule has 0 saturated heterocycles. The Balaban J connectivity index is 3.24. The Morgan fingerprint density at radius 2 is 2.11 bits per heavy atom. The first kappa shape index (κ1) is 16.0. The molecule has 1 unspecified atom stereocenters. The second-order valence-electron chi connectivity index (χ2n) is 4.39. The predicted octanol–water partition coefficient (Wildman–Crippen LogP) is 0.631. The Kier molecular flexibility index (Phi) is 5.03. The summed E-state index contributed by atoms with van der Waals surface area (Å²) in [7, 11) is -2.19. The van der Waals surface area contributed by atoms with Crippen LogP contribution >= 0.6 is 12.2 Å². The minimum absolute atomic E-state index is 0.160. The molecule has 1 rings (SSSR count). The lowest BCUT2D eigenvalue weighted by atomic mass is 10.1. The highest BCUT2D eigenvalue weighted by molar-refractivity contribution is 7.89. The molecular weight excluding hydrogens is 284 g/mol. The monoisotopic (exact) mass is 302 g/mol. The van der Waals surface area contributed by atoms with Crippen molar-refractivity contribution in [3.05, 3.63) is 29.3 Å². The van der Waals surface area contributed by atoms with Gasteiger partial charge in [-0.2, -0.15) is 4.31 Å². The zero-order valence-corrected chi connectivity index (χ0v) is 12.8. The summed E-state index contributed by atoms with van der Waals surface area (Å²) in [6.07, 6.45) is 0. The van der Waals surface area contributed by atoms with Crippen molar-refractivity contribution < 1.29 is 13.5 Å². The van der Waals surface area contributed by atoms with Crippen molar-refractivity contribution in [2.75, 3.05) is 13.7 Å². The summed E-state index contributed by atoms with van der Waals surface area (Å²) in [6, 6.07) is 4.12. The number of aliphatic hydroxyl groups is 1. The van der Waals surface area contributed by atoms with Gasteiger partial charge in [-0.05, 0) is 31.5 Å². The highest BCUT2D eigenvalue weighted by Crippen LogP contribution is 2.20. The standard InChI is InChI=1S/C12H18N2O3S2/c1-8-6-10(4-5-11(8)12(13)18)19(16,17)14(3)9(2)7-15/h4-6,9,15H,7H2,1-3H3,(H2,13,18). The van der Waals surface area contributed by atoms with Gasteiger partial charge in [0.15, 0.2) is 0 Å². The molecule has 0 bridgehead atoms. The Morgan fingerprint density at radius 3 is 2.53 bits per heavy atom. The molecule has 3 N–H and O–H groups in total. The van der Waals surface area contributed by atoms with Gasteiger partial charge in [-0.15, -0.1) is 0 Å². The largest absolute Gasteiger partial charge is 0.395 e. The average Bonchev–Trinajstić information content (AvgIpc) is 2.36. The summed E-state index contributed by atoms with van der Waals surface area (Å²) in [6.45, 7) is 3.15. The third kappa shape index (κ3) is 3.30. The minimum Gasteiger partial charge on any atom is -0.395 e. The van der Waals surface area contributed by atoms with Crippen molar-refractivity contribution in [1.29, 1.82) is 0 Å². The number of rotatable bonds is 5. The number of hydrogen-bond donors (Lipinski definition) is 2. The molecule has 0 fully saturated rings. The van der Waals surface area contributed by atoms with Crippen LogP contribution in [0.25, 0.3) is 0 Å². The highest BCUT2D eigenvalue weighted by atomic mass is 32.2. The van der Waals surface area contributed by atoms with Crippen LogP contribution in [0.15, 0.2) is 23.1 Å². The van der Waals surface area contributed by atoms with E-state index in [9.17, 15) is 8.42 Å². The van der Waals surface area contributed by atoms with E-state index in [2.05, 4.69) is 0 Å². The lowest BCUT2D eigenvalue weighted by molar-refractivity contribution is 0.214. The van der Waals surface area contributed by atoms with Crippen LogP contribution < -0.4 is 5.73 Å². The van der Waals surface area contributed by atoms with E-state index < -0.39 is 16.1 Å². The smallest absolute Gasteiger partial charge is 0.243 e. The van der Waals surface area contributed by atoms with Crippen molar-refractivity contribution in [1.82, 2.24) is 4.31 Å². The summed E-state index contributed by atoms with van der Waals surface area (Å²) in [5, 5.41) is 9.05. The second-order valence-corrected chi connectivity index (χ2v) is 6.83. The second kappa shape index (κ2) is 5.96. The number of nitrogens with zero attached hydrogens (tertiary/aromatic N) is 1. The first-order valence-electron chi connectivity index (χ1n) is 5.71. The summed E-state index contributed by atoms with van der Waals surface area (Å²) in [4.78, 5) is 0.395. The number of thiocarbonyl (C=S) groups is 1. The van der Waals surface area contributed by atoms with E-state index in [-0.39, 0.29) is 16.5 Å². The number of sulfonamides is 1. The van der Waals surface area contributed by atoms with Gasteiger partial charge in [-0.3, -0.25) is 0 Å². The fourth-order valence-corrected chi connectivity index (χ4v) is 3.26. The van der Waals surface area contributed by atoms with Crippen LogP contribution in [-0.2, 0) is 10.0 Å². The Morgan fingerprint density at radius 1 is 1.53 bits per heavy atom. The van der Waals surface area contributed by atoms with Gasteiger partial charge in [-0.1, -0.05) is 18.3 Å². The first-order valence-corrected chi connectivity index (χ1v) is 7.56. The van der Waals surface area contributed by atoms with Gasteiger partial charge in [0.2, 0.25) is 10.0 Å². The van der Waals surface area contributed by atoms with Crippen molar-refractivity contribution in [3.63, 3.8) is 0 Å². The van der Waals surface area contributed by atoms with E-state index in [1.165, 1.54) is 19.2 Å². The summed E-state index contributed by atoms with van der Waals surface area (Å²) in [5.41, 5.74) is 6.91. The van der Waals surface area contributed by atoms with E-state index in [1.54, 1.807) is 19.9 Å². The molecule has 5 nitrogen and oxygen atoms in total. The average molecular weight is 302 g/mol. The number of aliphatic hydroxyl groups excluding tert-OH is 1. The molecule has 0 heterocycles.